The van der Waals surface area contributed by atoms with E-state index in [4.69, 9.17) is 15.2 Å². The lowest BCUT2D eigenvalue weighted by atomic mass is 9.46. The minimum atomic E-state index is -0.795. The van der Waals surface area contributed by atoms with Crippen molar-refractivity contribution >= 4 is 5.91 Å². The Bertz CT molecular complexity index is 453. The van der Waals surface area contributed by atoms with Crippen LogP contribution in [0.2, 0.25) is 0 Å². The predicted octanol–water partition coefficient (Wildman–Crippen LogP) is 1.40. The number of nitrogens with two attached hydrogens (primary N) is 1. The highest BCUT2D eigenvalue weighted by atomic mass is 16.5. The number of ether oxygens (including phenoxy) is 2. The third kappa shape index (κ3) is 2.05. The molecule has 2 heterocycles. The van der Waals surface area contributed by atoms with Gasteiger partial charge in [0.1, 0.15) is 5.54 Å². The first kappa shape index (κ1) is 16.2. The monoisotopic (exact) mass is 310 g/mol. The van der Waals surface area contributed by atoms with Gasteiger partial charge in [-0.2, -0.15) is 0 Å². The number of nitrogens with zero attached hydrogens (tertiary/aromatic N) is 1. The molecule has 2 aliphatic heterocycles. The number of hydrogen-bond acceptors (Lipinski definition) is 4. The molecule has 3 fully saturated rings. The molecule has 1 aliphatic carbocycles. The van der Waals surface area contributed by atoms with Crippen LogP contribution in [0.5, 0.6) is 0 Å². The Morgan fingerprint density at radius 1 is 1.36 bits per heavy atom. The number of rotatable bonds is 2. The lowest BCUT2D eigenvalue weighted by Gasteiger charge is -2.66. The molecular weight excluding hydrogens is 280 g/mol. The Kier molecular flexibility index (Phi) is 4.03. The van der Waals surface area contributed by atoms with Gasteiger partial charge in [0.2, 0.25) is 5.91 Å². The van der Waals surface area contributed by atoms with Crippen LogP contribution >= 0.6 is 0 Å². The predicted molar refractivity (Wildman–Crippen MR) is 84.3 cm³/mol. The summed E-state index contributed by atoms with van der Waals surface area (Å²) < 4.78 is 11.5. The average Bonchev–Trinajstić information content (AvgIpc) is 2.53. The van der Waals surface area contributed by atoms with Crippen molar-refractivity contribution in [3.63, 3.8) is 0 Å². The topological polar surface area (TPSA) is 64.8 Å². The van der Waals surface area contributed by atoms with Crippen LogP contribution < -0.4 is 5.73 Å². The molecule has 0 spiro atoms. The molecule has 0 aromatic heterocycles. The summed E-state index contributed by atoms with van der Waals surface area (Å²) in [7, 11) is 1.73. The largest absolute Gasteiger partial charge is 0.379 e. The van der Waals surface area contributed by atoms with Crippen LogP contribution in [0.4, 0.5) is 0 Å². The molecule has 0 aromatic carbocycles. The number of fused-ring (bicyclic) bond motifs is 1. The fraction of sp³-hybridized carbons (Fsp3) is 0.941. The van der Waals surface area contributed by atoms with Crippen LogP contribution in [0.25, 0.3) is 0 Å². The number of carbonyl (C=O) groups excluding carboxylic acids is 1. The van der Waals surface area contributed by atoms with Crippen molar-refractivity contribution < 1.29 is 14.3 Å². The van der Waals surface area contributed by atoms with Crippen LogP contribution in [0.3, 0.4) is 0 Å². The number of likely N-dealkylation sites (tertiary alicyclic amines) is 1. The molecule has 3 aliphatic rings. The van der Waals surface area contributed by atoms with Gasteiger partial charge in [-0.15, -0.1) is 0 Å². The van der Waals surface area contributed by atoms with Gasteiger partial charge in [-0.25, -0.2) is 0 Å². The maximum atomic E-state index is 13.2. The Balaban J connectivity index is 1.79. The summed E-state index contributed by atoms with van der Waals surface area (Å²) in [6.45, 7) is 8.58. The maximum Gasteiger partial charge on any atom is 0.243 e. The van der Waals surface area contributed by atoms with Crippen molar-refractivity contribution in [3.05, 3.63) is 0 Å². The van der Waals surface area contributed by atoms with Crippen LogP contribution in [0, 0.1) is 17.3 Å². The average molecular weight is 310 g/mol. The third-order valence-corrected chi connectivity index (χ3v) is 6.52. The molecular formula is C17H30N2O3. The first-order valence-electron chi connectivity index (χ1n) is 8.56. The Morgan fingerprint density at radius 2 is 2.09 bits per heavy atom. The van der Waals surface area contributed by atoms with Crippen molar-refractivity contribution in [2.24, 2.45) is 23.0 Å². The number of piperidine rings is 1. The summed E-state index contributed by atoms with van der Waals surface area (Å²) >= 11 is 0. The first-order valence-corrected chi connectivity index (χ1v) is 8.56. The zero-order chi connectivity index (χ0) is 16.1. The van der Waals surface area contributed by atoms with Gasteiger partial charge in [-0.3, -0.25) is 4.79 Å². The normalized spacial score (nSPS) is 44.1. The summed E-state index contributed by atoms with van der Waals surface area (Å²) in [6, 6.07) is 0. The molecule has 2 N–H and O–H groups in total. The summed E-state index contributed by atoms with van der Waals surface area (Å²) in [5.41, 5.74) is 5.62. The second kappa shape index (κ2) is 5.46. The van der Waals surface area contributed by atoms with Gasteiger partial charge in [0.25, 0.3) is 0 Å². The second-order valence-corrected chi connectivity index (χ2v) is 7.92. The van der Waals surface area contributed by atoms with Gasteiger partial charge in [-0.1, -0.05) is 20.8 Å². The van der Waals surface area contributed by atoms with E-state index in [1.807, 2.05) is 4.90 Å². The van der Waals surface area contributed by atoms with E-state index in [2.05, 4.69) is 20.8 Å². The zero-order valence-corrected chi connectivity index (χ0v) is 14.3. The van der Waals surface area contributed by atoms with Gasteiger partial charge >= 0.3 is 0 Å². The van der Waals surface area contributed by atoms with E-state index >= 15 is 0 Å². The van der Waals surface area contributed by atoms with Crippen molar-refractivity contribution in [2.75, 3.05) is 26.8 Å². The Labute approximate surface area is 133 Å². The summed E-state index contributed by atoms with van der Waals surface area (Å²) in [5, 5.41) is 0. The molecule has 0 aromatic rings. The molecule has 0 radical (unpaired) electrons. The Hall–Kier alpha value is -0.650. The van der Waals surface area contributed by atoms with E-state index in [1.54, 1.807) is 7.11 Å². The van der Waals surface area contributed by atoms with Crippen molar-refractivity contribution in [2.45, 2.75) is 57.8 Å². The number of methoxy groups -OCH3 is 1. The highest BCUT2D eigenvalue weighted by Gasteiger charge is 2.71. The van der Waals surface area contributed by atoms with Crippen LogP contribution in [0.1, 0.15) is 40.0 Å². The summed E-state index contributed by atoms with van der Waals surface area (Å²) in [4.78, 5) is 15.2. The molecule has 0 bridgehead atoms. The van der Waals surface area contributed by atoms with Crippen LogP contribution in [0.15, 0.2) is 0 Å². The van der Waals surface area contributed by atoms with E-state index in [-0.39, 0.29) is 29.4 Å². The summed E-state index contributed by atoms with van der Waals surface area (Å²) in [6.07, 6.45) is 3.21. The highest BCUT2D eigenvalue weighted by Crippen LogP contribution is 2.58. The van der Waals surface area contributed by atoms with E-state index in [9.17, 15) is 4.79 Å². The fourth-order valence-electron chi connectivity index (χ4n) is 4.80. The van der Waals surface area contributed by atoms with Crippen molar-refractivity contribution in [1.82, 2.24) is 4.90 Å². The van der Waals surface area contributed by atoms with Crippen LogP contribution in [-0.2, 0) is 14.3 Å². The van der Waals surface area contributed by atoms with Gasteiger partial charge in [0, 0.05) is 38.1 Å². The van der Waals surface area contributed by atoms with E-state index in [1.165, 1.54) is 0 Å². The molecule has 5 unspecified atom stereocenters. The third-order valence-electron chi connectivity index (χ3n) is 6.52. The van der Waals surface area contributed by atoms with Gasteiger partial charge < -0.3 is 20.1 Å². The van der Waals surface area contributed by atoms with E-state index < -0.39 is 5.54 Å². The smallest absolute Gasteiger partial charge is 0.243 e. The van der Waals surface area contributed by atoms with Gasteiger partial charge in [0.05, 0.1) is 12.2 Å². The fourth-order valence-corrected chi connectivity index (χ4v) is 4.80. The van der Waals surface area contributed by atoms with Crippen LogP contribution in [-0.4, -0.2) is 55.4 Å². The Morgan fingerprint density at radius 3 is 2.77 bits per heavy atom. The maximum absolute atomic E-state index is 13.2. The quantitative estimate of drug-likeness (QED) is 0.837. The molecule has 5 atom stereocenters. The molecule has 22 heavy (non-hydrogen) atoms. The number of hydrogen-bond donors (Lipinski definition) is 1. The standard InChI is InChI=1S/C17H30N2O3/c1-11-7-8-19(10-13(11)21-4)15(20)17(18)12-6-5-9-22-14(12)16(17,2)3/h11-14H,5-10,18H2,1-4H3. The molecule has 1 amide bonds. The highest BCUT2D eigenvalue weighted by molar-refractivity contribution is 5.89. The lowest BCUT2D eigenvalue weighted by molar-refractivity contribution is -0.231. The lowest BCUT2D eigenvalue weighted by Crippen LogP contribution is -2.82. The SMILES string of the molecule is COC1CN(C(=O)C2(N)C3CCCOC3C2(C)C)CCC1C. The minimum Gasteiger partial charge on any atom is -0.379 e. The molecule has 126 valence electrons. The van der Waals surface area contributed by atoms with Crippen molar-refractivity contribution in [1.29, 1.82) is 0 Å². The van der Waals surface area contributed by atoms with Gasteiger partial charge in [0.15, 0.2) is 0 Å². The van der Waals surface area contributed by atoms with E-state index in [0.717, 1.165) is 32.4 Å². The minimum absolute atomic E-state index is 0.0956. The zero-order valence-electron chi connectivity index (χ0n) is 14.3. The number of carbonyl (C=O) groups is 1. The van der Waals surface area contributed by atoms with Gasteiger partial charge in [-0.05, 0) is 25.2 Å². The van der Waals surface area contributed by atoms with Crippen molar-refractivity contribution in [3.8, 4) is 0 Å². The molecule has 5 nitrogen and oxygen atoms in total. The first-order chi connectivity index (χ1) is 10.3. The van der Waals surface area contributed by atoms with E-state index in [0.29, 0.717) is 12.5 Å². The summed E-state index contributed by atoms with van der Waals surface area (Å²) in [5.74, 6) is 0.741. The second-order valence-electron chi connectivity index (χ2n) is 7.92. The molecule has 5 heteroatoms. The molecule has 3 rings (SSSR count). The molecule has 2 saturated heterocycles. The number of amides is 1. The molecule has 1 saturated carbocycles.